The second kappa shape index (κ2) is 6.58. The molecule has 0 radical (unpaired) electrons. The highest BCUT2D eigenvalue weighted by Gasteiger charge is 2.55. The minimum Gasteiger partial charge on any atom is -0.491 e. The maximum Gasteiger partial charge on any atom is 0.321 e. The largest absolute Gasteiger partial charge is 0.491 e. The molecule has 1 heterocycles. The van der Waals surface area contributed by atoms with Gasteiger partial charge in [0.25, 0.3) is 0 Å². The van der Waals surface area contributed by atoms with Crippen molar-refractivity contribution in [3.63, 3.8) is 0 Å². The van der Waals surface area contributed by atoms with Crippen molar-refractivity contribution in [2.75, 3.05) is 18.4 Å². The number of hydrogen-bond acceptors (Lipinski definition) is 3. The van der Waals surface area contributed by atoms with Crippen LogP contribution in [0.4, 0.5) is 10.5 Å². The molecule has 1 saturated carbocycles. The minimum atomic E-state index is -0.770. The van der Waals surface area contributed by atoms with Gasteiger partial charge in [0.05, 0.1) is 11.5 Å². The number of urea groups is 1. The molecule has 1 saturated heterocycles. The molecule has 25 heavy (non-hydrogen) atoms. The number of amides is 2. The van der Waals surface area contributed by atoms with Crippen molar-refractivity contribution in [2.45, 2.75) is 46.1 Å². The number of hydrogen-bond donors (Lipinski definition) is 2. The Morgan fingerprint density at radius 2 is 2.16 bits per heavy atom. The molecule has 1 aromatic rings. The third-order valence-electron chi connectivity index (χ3n) is 5.39. The van der Waals surface area contributed by atoms with Crippen LogP contribution >= 0.6 is 0 Å². The molecule has 2 fully saturated rings. The molecule has 0 spiro atoms. The molecule has 0 aromatic heterocycles. The van der Waals surface area contributed by atoms with Gasteiger partial charge in [-0.05, 0) is 51.2 Å². The lowest BCUT2D eigenvalue weighted by Gasteiger charge is -2.23. The summed E-state index contributed by atoms with van der Waals surface area (Å²) >= 11 is 0. The summed E-state index contributed by atoms with van der Waals surface area (Å²) in [5.74, 6) is 0.0370. The standard InChI is InChI=1S/C19H26N2O4/c1-12(2)25-16-9-15(7-6-13(16)3)20-18(24)21-10-14-5-4-8-19(14,11-21)17(22)23/h6-7,9,12,14H,4-5,8,10-11H2,1-3H3,(H,20,24)(H,22,23)/t14-,19+/m0/s1. The van der Waals surface area contributed by atoms with Crippen molar-refractivity contribution >= 4 is 17.7 Å². The Balaban J connectivity index is 1.70. The monoisotopic (exact) mass is 346 g/mol. The van der Waals surface area contributed by atoms with Crippen molar-refractivity contribution in [2.24, 2.45) is 11.3 Å². The SMILES string of the molecule is Cc1ccc(NC(=O)N2C[C@@H]3CCC[C@@]3(C(=O)O)C2)cc1OC(C)C. The van der Waals surface area contributed by atoms with E-state index in [-0.39, 0.29) is 18.1 Å². The van der Waals surface area contributed by atoms with Crippen LogP contribution in [0.15, 0.2) is 18.2 Å². The van der Waals surface area contributed by atoms with E-state index in [1.54, 1.807) is 4.90 Å². The smallest absolute Gasteiger partial charge is 0.321 e. The molecule has 2 aliphatic rings. The van der Waals surface area contributed by atoms with Crippen molar-refractivity contribution in [3.05, 3.63) is 23.8 Å². The first-order valence-electron chi connectivity index (χ1n) is 8.88. The van der Waals surface area contributed by atoms with Crippen molar-refractivity contribution in [1.29, 1.82) is 0 Å². The molecule has 2 N–H and O–H groups in total. The molecule has 6 nitrogen and oxygen atoms in total. The van der Waals surface area contributed by atoms with Crippen LogP contribution in [0.1, 0.15) is 38.7 Å². The van der Waals surface area contributed by atoms with Gasteiger partial charge in [-0.1, -0.05) is 12.5 Å². The molecule has 1 aliphatic heterocycles. The van der Waals surface area contributed by atoms with Gasteiger partial charge >= 0.3 is 12.0 Å². The van der Waals surface area contributed by atoms with Gasteiger partial charge in [0.2, 0.25) is 0 Å². The van der Waals surface area contributed by atoms with Gasteiger partial charge in [0.1, 0.15) is 5.75 Å². The number of aryl methyl sites for hydroxylation is 1. The fraction of sp³-hybridized carbons (Fsp3) is 0.579. The number of aliphatic carboxylic acids is 1. The number of ether oxygens (including phenoxy) is 1. The molecule has 1 aromatic carbocycles. The quantitative estimate of drug-likeness (QED) is 0.874. The van der Waals surface area contributed by atoms with Crippen LogP contribution < -0.4 is 10.1 Å². The van der Waals surface area contributed by atoms with Crippen LogP contribution in [0, 0.1) is 18.3 Å². The summed E-state index contributed by atoms with van der Waals surface area (Å²) in [5, 5.41) is 12.5. The lowest BCUT2D eigenvalue weighted by Crippen LogP contribution is -2.38. The lowest BCUT2D eigenvalue weighted by atomic mass is 9.81. The van der Waals surface area contributed by atoms with Crippen molar-refractivity contribution < 1.29 is 19.4 Å². The average molecular weight is 346 g/mol. The molecule has 136 valence electrons. The molecular formula is C19H26N2O4. The first kappa shape index (κ1) is 17.6. The molecular weight excluding hydrogens is 320 g/mol. The van der Waals surface area contributed by atoms with Crippen LogP contribution in [-0.2, 0) is 4.79 Å². The van der Waals surface area contributed by atoms with E-state index in [1.807, 2.05) is 39.0 Å². The molecule has 0 bridgehead atoms. The summed E-state index contributed by atoms with van der Waals surface area (Å²) in [6, 6.07) is 5.32. The minimum absolute atomic E-state index is 0.0537. The van der Waals surface area contributed by atoms with Gasteiger partial charge in [0.15, 0.2) is 0 Å². The topological polar surface area (TPSA) is 78.9 Å². The number of likely N-dealkylation sites (tertiary alicyclic amines) is 1. The summed E-state index contributed by atoms with van der Waals surface area (Å²) in [7, 11) is 0. The predicted octanol–water partition coefficient (Wildman–Crippen LogP) is 3.50. The summed E-state index contributed by atoms with van der Waals surface area (Å²) in [4.78, 5) is 26.0. The maximum absolute atomic E-state index is 12.6. The number of carboxylic acids is 1. The number of carbonyl (C=O) groups is 2. The molecule has 2 atom stereocenters. The van der Waals surface area contributed by atoms with Crippen LogP contribution in [0.25, 0.3) is 0 Å². The second-order valence-corrected chi connectivity index (χ2v) is 7.51. The van der Waals surface area contributed by atoms with Gasteiger partial charge in [-0.2, -0.15) is 0 Å². The summed E-state index contributed by atoms with van der Waals surface area (Å²) in [6.45, 7) is 6.68. The zero-order valence-electron chi connectivity index (χ0n) is 15.0. The number of benzene rings is 1. The number of fused-ring (bicyclic) bond motifs is 1. The second-order valence-electron chi connectivity index (χ2n) is 7.51. The number of rotatable bonds is 4. The highest BCUT2D eigenvalue weighted by molar-refractivity contribution is 5.91. The van der Waals surface area contributed by atoms with Gasteiger partial charge < -0.3 is 20.1 Å². The van der Waals surface area contributed by atoms with E-state index in [0.717, 1.165) is 24.2 Å². The molecule has 6 heteroatoms. The zero-order valence-corrected chi connectivity index (χ0v) is 15.0. The van der Waals surface area contributed by atoms with E-state index >= 15 is 0 Å². The Kier molecular flexibility index (Phi) is 4.62. The Labute approximate surface area is 148 Å². The molecule has 0 unspecified atom stereocenters. The molecule has 3 rings (SSSR count). The first-order valence-corrected chi connectivity index (χ1v) is 8.88. The Morgan fingerprint density at radius 3 is 2.80 bits per heavy atom. The summed E-state index contributed by atoms with van der Waals surface area (Å²) < 4.78 is 5.76. The van der Waals surface area contributed by atoms with Crippen molar-refractivity contribution in [3.8, 4) is 5.75 Å². The van der Waals surface area contributed by atoms with Crippen LogP contribution in [0.3, 0.4) is 0 Å². The fourth-order valence-corrected chi connectivity index (χ4v) is 4.05. The Bertz CT molecular complexity index is 688. The number of nitrogens with zero attached hydrogens (tertiary/aromatic N) is 1. The molecule has 2 amide bonds. The normalized spacial score (nSPS) is 25.1. The van der Waals surface area contributed by atoms with E-state index in [1.165, 1.54) is 0 Å². The first-order chi connectivity index (χ1) is 11.8. The zero-order chi connectivity index (χ0) is 18.2. The van der Waals surface area contributed by atoms with E-state index in [9.17, 15) is 14.7 Å². The van der Waals surface area contributed by atoms with E-state index in [2.05, 4.69) is 5.32 Å². The lowest BCUT2D eigenvalue weighted by molar-refractivity contribution is -0.149. The van der Waals surface area contributed by atoms with Crippen LogP contribution in [0.5, 0.6) is 5.75 Å². The van der Waals surface area contributed by atoms with Gasteiger partial charge in [-0.3, -0.25) is 4.79 Å². The number of anilines is 1. The fourth-order valence-electron chi connectivity index (χ4n) is 4.05. The van der Waals surface area contributed by atoms with E-state index < -0.39 is 11.4 Å². The highest BCUT2D eigenvalue weighted by atomic mass is 16.5. The average Bonchev–Trinajstić information content (AvgIpc) is 3.08. The van der Waals surface area contributed by atoms with Crippen LogP contribution in [-0.4, -0.2) is 41.2 Å². The number of nitrogens with one attached hydrogen (secondary N) is 1. The van der Waals surface area contributed by atoms with Gasteiger partial charge in [-0.15, -0.1) is 0 Å². The summed E-state index contributed by atoms with van der Waals surface area (Å²) in [6.07, 6.45) is 2.53. The van der Waals surface area contributed by atoms with E-state index in [4.69, 9.17) is 4.74 Å². The van der Waals surface area contributed by atoms with Gasteiger partial charge in [0, 0.05) is 24.8 Å². The highest BCUT2D eigenvalue weighted by Crippen LogP contribution is 2.48. The Hall–Kier alpha value is -2.24. The summed E-state index contributed by atoms with van der Waals surface area (Å²) in [5.41, 5.74) is 0.913. The maximum atomic E-state index is 12.6. The van der Waals surface area contributed by atoms with Gasteiger partial charge in [-0.25, -0.2) is 4.79 Å². The molecule has 1 aliphatic carbocycles. The van der Waals surface area contributed by atoms with Crippen LogP contribution in [0.2, 0.25) is 0 Å². The third-order valence-corrected chi connectivity index (χ3v) is 5.39. The predicted molar refractivity (Wildman–Crippen MR) is 94.9 cm³/mol. The third kappa shape index (κ3) is 3.30. The number of carbonyl (C=O) groups excluding carboxylic acids is 1. The van der Waals surface area contributed by atoms with E-state index in [0.29, 0.717) is 25.2 Å². The Morgan fingerprint density at radius 1 is 1.40 bits per heavy atom. The number of carboxylic acid groups (broad SMARTS) is 1. The van der Waals surface area contributed by atoms with Crippen molar-refractivity contribution in [1.82, 2.24) is 4.90 Å².